The molecule has 0 aliphatic rings. The van der Waals surface area contributed by atoms with Crippen LogP contribution in [0, 0.1) is 11.8 Å². The van der Waals surface area contributed by atoms with E-state index in [1.807, 2.05) is 11.4 Å². The van der Waals surface area contributed by atoms with Crippen molar-refractivity contribution in [3.63, 3.8) is 0 Å². The van der Waals surface area contributed by atoms with E-state index in [1.54, 1.807) is 18.4 Å². The van der Waals surface area contributed by atoms with Crippen LogP contribution in [0.4, 0.5) is 0 Å². The summed E-state index contributed by atoms with van der Waals surface area (Å²) >= 11 is 1.64. The lowest BCUT2D eigenvalue weighted by atomic mass is 10.3. The highest BCUT2D eigenvalue weighted by Crippen LogP contribution is 2.16. The summed E-state index contributed by atoms with van der Waals surface area (Å²) in [5.41, 5.74) is 0.930. The molecule has 5 heteroatoms. The lowest BCUT2D eigenvalue weighted by molar-refractivity contribution is 0.127. The first-order valence-electron chi connectivity index (χ1n) is 5.79. The molecule has 1 aromatic heterocycles. The quantitative estimate of drug-likeness (QED) is 0.709. The third kappa shape index (κ3) is 5.63. The zero-order valence-electron chi connectivity index (χ0n) is 10.6. The maximum absolute atomic E-state index is 9.01. The van der Waals surface area contributed by atoms with Gasteiger partial charge < -0.3 is 14.9 Å². The largest absolute Gasteiger partial charge is 0.395 e. The van der Waals surface area contributed by atoms with Crippen molar-refractivity contribution in [1.29, 1.82) is 0 Å². The lowest BCUT2D eigenvalue weighted by Crippen LogP contribution is -2.29. The number of aliphatic hydroxyl groups excluding tert-OH is 2. The summed E-state index contributed by atoms with van der Waals surface area (Å²) in [5, 5.41) is 19.6. The molecule has 0 saturated carbocycles. The Kier molecular flexibility index (Phi) is 7.65. The van der Waals surface area contributed by atoms with Crippen LogP contribution in [-0.2, 0) is 11.3 Å². The minimum atomic E-state index is -0.115. The molecule has 2 N–H and O–H groups in total. The third-order valence-electron chi connectivity index (χ3n) is 2.37. The van der Waals surface area contributed by atoms with E-state index >= 15 is 0 Å². The summed E-state index contributed by atoms with van der Waals surface area (Å²) < 4.78 is 5.04. The molecule has 0 fully saturated rings. The summed E-state index contributed by atoms with van der Waals surface area (Å²) in [5.74, 6) is 5.51. The Morgan fingerprint density at radius 2 is 2.22 bits per heavy atom. The van der Waals surface area contributed by atoms with E-state index in [-0.39, 0.29) is 13.2 Å². The van der Waals surface area contributed by atoms with Crippen LogP contribution in [-0.4, -0.2) is 55.1 Å². The van der Waals surface area contributed by atoms with E-state index in [0.717, 1.165) is 18.7 Å². The van der Waals surface area contributed by atoms with Gasteiger partial charge in [0.2, 0.25) is 0 Å². The summed E-state index contributed by atoms with van der Waals surface area (Å²) in [4.78, 5) is 3.33. The Labute approximate surface area is 112 Å². The zero-order chi connectivity index (χ0) is 13.2. The molecule has 0 unspecified atom stereocenters. The number of hydrogen-bond donors (Lipinski definition) is 2. The molecule has 4 nitrogen and oxygen atoms in total. The van der Waals surface area contributed by atoms with Gasteiger partial charge in [0.15, 0.2) is 0 Å². The fraction of sp³-hybridized carbons (Fsp3) is 0.538. The lowest BCUT2D eigenvalue weighted by Gasteiger charge is -2.19. The number of hydrogen-bond acceptors (Lipinski definition) is 5. The number of nitrogens with zero attached hydrogens (tertiary/aromatic N) is 1. The first-order chi connectivity index (χ1) is 8.80. The molecular formula is C13H19NO3S. The minimum Gasteiger partial charge on any atom is -0.395 e. The SMILES string of the molecule is COCCN(CCO)Cc1cc(C#CCO)cs1. The first kappa shape index (κ1) is 15.2. The molecular weight excluding hydrogens is 250 g/mol. The Balaban J connectivity index is 2.54. The van der Waals surface area contributed by atoms with Crippen molar-refractivity contribution in [3.05, 3.63) is 21.9 Å². The van der Waals surface area contributed by atoms with Crippen molar-refractivity contribution in [2.24, 2.45) is 0 Å². The van der Waals surface area contributed by atoms with E-state index in [4.69, 9.17) is 14.9 Å². The number of thiophene rings is 1. The predicted molar refractivity (Wildman–Crippen MR) is 72.5 cm³/mol. The smallest absolute Gasteiger partial charge is 0.104 e. The van der Waals surface area contributed by atoms with E-state index in [0.29, 0.717) is 13.2 Å². The second-order valence-corrected chi connectivity index (χ2v) is 4.75. The van der Waals surface area contributed by atoms with Crippen molar-refractivity contribution in [2.75, 3.05) is 40.0 Å². The molecule has 1 rings (SSSR count). The fourth-order valence-corrected chi connectivity index (χ4v) is 2.38. The van der Waals surface area contributed by atoms with Crippen LogP contribution < -0.4 is 0 Å². The fourth-order valence-electron chi connectivity index (χ4n) is 1.52. The van der Waals surface area contributed by atoms with Crippen LogP contribution in [0.2, 0.25) is 0 Å². The average molecular weight is 269 g/mol. The monoisotopic (exact) mass is 269 g/mol. The summed E-state index contributed by atoms with van der Waals surface area (Å²) in [6.45, 7) is 2.91. The number of ether oxygens (including phenoxy) is 1. The van der Waals surface area contributed by atoms with E-state index in [2.05, 4.69) is 16.7 Å². The van der Waals surface area contributed by atoms with Gasteiger partial charge in [0, 0.05) is 42.6 Å². The summed E-state index contributed by atoms with van der Waals surface area (Å²) in [6, 6.07) is 2.02. The summed E-state index contributed by atoms with van der Waals surface area (Å²) in [6.07, 6.45) is 0. The van der Waals surface area contributed by atoms with Crippen LogP contribution in [0.25, 0.3) is 0 Å². The number of aliphatic hydroxyl groups is 2. The van der Waals surface area contributed by atoms with Crippen molar-refractivity contribution in [1.82, 2.24) is 4.90 Å². The molecule has 0 spiro atoms. The van der Waals surface area contributed by atoms with Gasteiger partial charge in [-0.05, 0) is 6.07 Å². The highest BCUT2D eigenvalue weighted by atomic mass is 32.1. The van der Waals surface area contributed by atoms with E-state index in [1.165, 1.54) is 4.88 Å². The van der Waals surface area contributed by atoms with Crippen molar-refractivity contribution in [2.45, 2.75) is 6.54 Å². The molecule has 0 bridgehead atoms. The summed E-state index contributed by atoms with van der Waals surface area (Å²) in [7, 11) is 1.67. The molecule has 1 aromatic rings. The van der Waals surface area contributed by atoms with Gasteiger partial charge in [0.25, 0.3) is 0 Å². The van der Waals surface area contributed by atoms with Gasteiger partial charge in [0.05, 0.1) is 13.2 Å². The van der Waals surface area contributed by atoms with Crippen LogP contribution in [0.15, 0.2) is 11.4 Å². The van der Waals surface area contributed by atoms with Crippen molar-refractivity contribution >= 4 is 11.3 Å². The molecule has 0 aliphatic heterocycles. The Bertz CT molecular complexity index is 394. The molecule has 0 aliphatic carbocycles. The Morgan fingerprint density at radius 1 is 1.39 bits per heavy atom. The van der Waals surface area contributed by atoms with E-state index in [9.17, 15) is 0 Å². The van der Waals surface area contributed by atoms with Gasteiger partial charge >= 0.3 is 0 Å². The second kappa shape index (κ2) is 9.09. The highest BCUT2D eigenvalue weighted by molar-refractivity contribution is 7.10. The van der Waals surface area contributed by atoms with Gasteiger partial charge in [-0.1, -0.05) is 11.8 Å². The molecule has 100 valence electrons. The number of methoxy groups -OCH3 is 1. The van der Waals surface area contributed by atoms with Crippen LogP contribution in [0.3, 0.4) is 0 Å². The topological polar surface area (TPSA) is 52.9 Å². The Morgan fingerprint density at radius 3 is 2.89 bits per heavy atom. The second-order valence-electron chi connectivity index (χ2n) is 3.75. The molecule has 18 heavy (non-hydrogen) atoms. The Hall–Kier alpha value is -0.900. The van der Waals surface area contributed by atoms with Crippen molar-refractivity contribution in [3.8, 4) is 11.8 Å². The van der Waals surface area contributed by atoms with Gasteiger partial charge in [-0.25, -0.2) is 0 Å². The maximum Gasteiger partial charge on any atom is 0.104 e. The maximum atomic E-state index is 9.01. The highest BCUT2D eigenvalue weighted by Gasteiger charge is 2.07. The third-order valence-corrected chi connectivity index (χ3v) is 3.29. The first-order valence-corrected chi connectivity index (χ1v) is 6.67. The number of rotatable bonds is 7. The van der Waals surface area contributed by atoms with E-state index < -0.39 is 0 Å². The van der Waals surface area contributed by atoms with Gasteiger partial charge in [-0.2, -0.15) is 0 Å². The molecule has 1 heterocycles. The zero-order valence-corrected chi connectivity index (χ0v) is 11.4. The van der Waals surface area contributed by atoms with Gasteiger partial charge in [-0.3, -0.25) is 4.90 Å². The van der Waals surface area contributed by atoms with Crippen LogP contribution in [0.1, 0.15) is 10.4 Å². The molecule has 0 atom stereocenters. The standard InChI is InChI=1S/C13H19NO3S/c1-17-8-5-14(4-7-16)10-13-9-12(11-18-13)3-2-6-15/h9,11,15-16H,4-8,10H2,1H3. The molecule has 0 radical (unpaired) electrons. The van der Waals surface area contributed by atoms with Gasteiger partial charge in [-0.15, -0.1) is 11.3 Å². The molecule has 0 aromatic carbocycles. The van der Waals surface area contributed by atoms with Crippen molar-refractivity contribution < 1.29 is 14.9 Å². The predicted octanol–water partition coefficient (Wildman–Crippen LogP) is 0.533. The average Bonchev–Trinajstić information content (AvgIpc) is 2.81. The normalized spacial score (nSPS) is 10.4. The molecule has 0 saturated heterocycles. The molecule has 0 amide bonds. The van der Waals surface area contributed by atoms with Crippen LogP contribution >= 0.6 is 11.3 Å². The van der Waals surface area contributed by atoms with Gasteiger partial charge in [0.1, 0.15) is 6.61 Å². The minimum absolute atomic E-state index is 0.115. The van der Waals surface area contributed by atoms with Crippen LogP contribution in [0.5, 0.6) is 0 Å².